The Kier molecular flexibility index (Phi) is 7.61. The topological polar surface area (TPSA) is 40.5 Å². The van der Waals surface area contributed by atoms with Crippen molar-refractivity contribution in [2.24, 2.45) is 0 Å². The van der Waals surface area contributed by atoms with E-state index in [2.05, 4.69) is 167 Å². The minimum absolute atomic E-state index is 0.211. The molecule has 6 heteroatoms. The largest absolute Gasteiger partial charge is 0.506 e. The molecule has 0 aliphatic heterocycles. The smallest absolute Gasteiger partial charge is 0.142 e. The molecule has 3 aromatic carbocycles. The van der Waals surface area contributed by atoms with Gasteiger partial charge in [-0.2, -0.15) is 0 Å². The summed E-state index contributed by atoms with van der Waals surface area (Å²) in [5.74, 6) is 0.698. The third kappa shape index (κ3) is 4.75. The van der Waals surface area contributed by atoms with E-state index in [4.69, 9.17) is 0 Å². The number of rotatable bonds is 4. The fraction of sp³-hybridized carbons (Fsp3) is 0.250. The van der Waals surface area contributed by atoms with Gasteiger partial charge in [0.05, 0.1) is 14.3 Å². The predicted molar refractivity (Wildman–Crippen MR) is 158 cm³/mol. The quantitative estimate of drug-likeness (QED) is 0.261. The fourth-order valence-corrected chi connectivity index (χ4v) is 7.02. The van der Waals surface area contributed by atoms with Gasteiger partial charge in [0.15, 0.2) is 0 Å². The summed E-state index contributed by atoms with van der Waals surface area (Å²) < 4.78 is 3.47. The first-order valence-electron chi connectivity index (χ1n) is 9.33. The number of phenols is 2. The molecule has 0 aromatic heterocycles. The lowest BCUT2D eigenvalue weighted by Crippen LogP contribution is -2.23. The Morgan fingerprint density at radius 2 is 0.833 bits per heavy atom. The van der Waals surface area contributed by atoms with Crippen LogP contribution in [0.3, 0.4) is 0 Å². The van der Waals surface area contributed by atoms with E-state index in [1.807, 2.05) is 0 Å². The van der Waals surface area contributed by atoms with Crippen molar-refractivity contribution in [2.75, 3.05) is 0 Å². The van der Waals surface area contributed by atoms with Gasteiger partial charge in [-0.1, -0.05) is 52.0 Å². The number of phenolic OH excluding ortho intramolecular Hbond substituents is 2. The third-order valence-corrected chi connectivity index (χ3v) is 9.07. The second-order valence-electron chi connectivity index (χ2n) is 8.41. The number of hydrogen-bond donors (Lipinski definition) is 2. The molecule has 2 nitrogen and oxygen atoms in total. The Hall–Kier alpha value is 0.180. The van der Waals surface area contributed by atoms with Gasteiger partial charge in [-0.3, -0.25) is 0 Å². The molecule has 30 heavy (non-hydrogen) atoms. The Bertz CT molecular complexity index is 989. The molecule has 0 heterocycles. The van der Waals surface area contributed by atoms with E-state index >= 15 is 0 Å². The molecular formula is C24H22I4O2. The van der Waals surface area contributed by atoms with Crippen LogP contribution in [0.1, 0.15) is 49.9 Å². The zero-order chi connectivity index (χ0) is 22.4. The lowest BCUT2D eigenvalue weighted by Gasteiger charge is -2.31. The van der Waals surface area contributed by atoms with Crippen molar-refractivity contribution >= 4 is 90.4 Å². The van der Waals surface area contributed by atoms with Gasteiger partial charge in [0.1, 0.15) is 11.5 Å². The van der Waals surface area contributed by atoms with Crippen LogP contribution in [0.15, 0.2) is 48.5 Å². The molecule has 3 aromatic rings. The van der Waals surface area contributed by atoms with Crippen molar-refractivity contribution in [3.8, 4) is 11.5 Å². The van der Waals surface area contributed by atoms with E-state index in [1.165, 1.54) is 22.3 Å². The third-order valence-electron chi connectivity index (χ3n) is 5.78. The summed E-state index contributed by atoms with van der Waals surface area (Å²) in [4.78, 5) is 0. The lowest BCUT2D eigenvalue weighted by molar-refractivity contribution is 0.466. The maximum atomic E-state index is 10.2. The summed E-state index contributed by atoms with van der Waals surface area (Å²) in [6, 6.07) is 17.1. The monoisotopic (exact) mass is 850 g/mol. The van der Waals surface area contributed by atoms with E-state index in [0.29, 0.717) is 11.5 Å². The zero-order valence-electron chi connectivity index (χ0n) is 17.0. The Morgan fingerprint density at radius 1 is 0.533 bits per heavy atom. The average Bonchev–Trinajstić information content (AvgIpc) is 2.69. The van der Waals surface area contributed by atoms with Crippen molar-refractivity contribution < 1.29 is 10.2 Å². The molecule has 0 radical (unpaired) electrons. The summed E-state index contributed by atoms with van der Waals surface area (Å²) in [5.41, 5.74) is 4.40. The first-order chi connectivity index (χ1) is 13.9. The highest BCUT2D eigenvalue weighted by molar-refractivity contribution is 14.1. The van der Waals surface area contributed by atoms with Gasteiger partial charge in [0.25, 0.3) is 0 Å². The maximum Gasteiger partial charge on any atom is 0.142 e. The molecule has 0 aliphatic rings. The SMILES string of the molecule is CC(C)(c1cccc(C(C)(C)c2cc(I)c(O)c(I)c2)c1)c1cc(I)c(O)c(I)c1. The molecule has 2 N–H and O–H groups in total. The van der Waals surface area contributed by atoms with Gasteiger partial charge in [-0.25, -0.2) is 0 Å². The summed E-state index contributed by atoms with van der Waals surface area (Å²) >= 11 is 8.78. The molecule has 0 fully saturated rings. The van der Waals surface area contributed by atoms with Crippen LogP contribution >= 0.6 is 90.4 Å². The van der Waals surface area contributed by atoms with Crippen molar-refractivity contribution in [1.29, 1.82) is 0 Å². The average molecular weight is 850 g/mol. The van der Waals surface area contributed by atoms with E-state index in [0.717, 1.165) is 14.3 Å². The molecule has 0 bridgehead atoms. The number of benzene rings is 3. The molecule has 0 amide bonds. The van der Waals surface area contributed by atoms with Crippen molar-refractivity contribution in [1.82, 2.24) is 0 Å². The molecule has 0 aliphatic carbocycles. The zero-order valence-corrected chi connectivity index (χ0v) is 25.7. The molecule has 0 unspecified atom stereocenters. The van der Waals surface area contributed by atoms with Crippen LogP contribution in [0.25, 0.3) is 0 Å². The molecule has 0 saturated carbocycles. The second-order valence-corrected chi connectivity index (χ2v) is 13.1. The van der Waals surface area contributed by atoms with E-state index < -0.39 is 0 Å². The van der Waals surface area contributed by atoms with Gasteiger partial charge < -0.3 is 10.2 Å². The second kappa shape index (κ2) is 9.20. The van der Waals surface area contributed by atoms with Crippen LogP contribution < -0.4 is 0 Å². The first kappa shape index (κ1) is 24.8. The van der Waals surface area contributed by atoms with E-state index in [1.54, 1.807) is 0 Å². The molecule has 158 valence electrons. The van der Waals surface area contributed by atoms with Gasteiger partial charge in [0, 0.05) is 10.8 Å². The molecule has 3 rings (SSSR count). The summed E-state index contributed by atoms with van der Waals surface area (Å²) in [5, 5.41) is 20.3. The Morgan fingerprint density at radius 3 is 1.13 bits per heavy atom. The highest BCUT2D eigenvalue weighted by Crippen LogP contribution is 2.40. The molecular weight excluding hydrogens is 828 g/mol. The summed E-state index contributed by atoms with van der Waals surface area (Å²) in [6.07, 6.45) is 0. The maximum absolute atomic E-state index is 10.2. The molecule has 0 spiro atoms. The van der Waals surface area contributed by atoms with Gasteiger partial charge in [0.2, 0.25) is 0 Å². The summed E-state index contributed by atoms with van der Waals surface area (Å²) in [7, 11) is 0. The summed E-state index contributed by atoms with van der Waals surface area (Å²) in [6.45, 7) is 8.91. The van der Waals surface area contributed by atoms with E-state index in [-0.39, 0.29) is 10.8 Å². The van der Waals surface area contributed by atoms with Crippen LogP contribution in [0.5, 0.6) is 11.5 Å². The van der Waals surface area contributed by atoms with Crippen LogP contribution in [0, 0.1) is 14.3 Å². The van der Waals surface area contributed by atoms with Gasteiger partial charge in [-0.15, -0.1) is 0 Å². The van der Waals surface area contributed by atoms with Gasteiger partial charge >= 0.3 is 0 Å². The highest BCUT2D eigenvalue weighted by Gasteiger charge is 2.29. The van der Waals surface area contributed by atoms with Gasteiger partial charge in [-0.05, 0) is 137 Å². The standard InChI is InChI=1S/C24H22I4O2/c1-23(2,15-9-17(25)21(29)18(26)10-15)13-6-5-7-14(8-13)24(3,4)16-11-19(27)22(30)20(28)12-16/h5-12,29-30H,1-4H3. The van der Waals surface area contributed by atoms with Crippen molar-refractivity contribution in [3.05, 3.63) is 85.1 Å². The number of aromatic hydroxyl groups is 2. The predicted octanol–water partition coefficient (Wildman–Crippen LogP) is 8.17. The number of halogens is 4. The van der Waals surface area contributed by atoms with Crippen molar-refractivity contribution in [3.63, 3.8) is 0 Å². The lowest BCUT2D eigenvalue weighted by atomic mass is 9.73. The Labute approximate surface area is 232 Å². The van der Waals surface area contributed by atoms with Crippen LogP contribution in [-0.2, 0) is 10.8 Å². The fourth-order valence-electron chi connectivity index (χ4n) is 3.48. The van der Waals surface area contributed by atoms with E-state index in [9.17, 15) is 10.2 Å². The molecule has 0 saturated heterocycles. The number of hydrogen-bond acceptors (Lipinski definition) is 2. The molecule has 0 atom stereocenters. The minimum Gasteiger partial charge on any atom is -0.506 e. The first-order valence-corrected chi connectivity index (χ1v) is 13.6. The Balaban J connectivity index is 2.09. The van der Waals surface area contributed by atoms with Crippen LogP contribution in [0.4, 0.5) is 0 Å². The van der Waals surface area contributed by atoms with Crippen LogP contribution in [-0.4, -0.2) is 10.2 Å². The van der Waals surface area contributed by atoms with Crippen LogP contribution in [0.2, 0.25) is 0 Å². The normalized spacial score (nSPS) is 12.3. The van der Waals surface area contributed by atoms with Crippen molar-refractivity contribution in [2.45, 2.75) is 38.5 Å². The minimum atomic E-state index is -0.211. The highest BCUT2D eigenvalue weighted by atomic mass is 127.